The van der Waals surface area contributed by atoms with Gasteiger partial charge in [-0.2, -0.15) is 0 Å². The molecule has 0 bridgehead atoms. The topological polar surface area (TPSA) is 63.3 Å². The number of carboxylic acids is 1. The average Bonchev–Trinajstić information content (AvgIpc) is 2.81. The van der Waals surface area contributed by atoms with Crippen molar-refractivity contribution in [3.05, 3.63) is 39.8 Å². The summed E-state index contributed by atoms with van der Waals surface area (Å²) in [6, 6.07) is 4.51. The van der Waals surface area contributed by atoms with Crippen LogP contribution in [-0.4, -0.2) is 16.2 Å². The monoisotopic (exact) mass is 327 g/mol. The zero-order chi connectivity index (χ0) is 14.2. The van der Waals surface area contributed by atoms with E-state index >= 15 is 0 Å². The summed E-state index contributed by atoms with van der Waals surface area (Å²) in [7, 11) is 0. The van der Waals surface area contributed by atoms with Crippen LogP contribution in [0.5, 0.6) is 0 Å². The lowest BCUT2D eigenvalue weighted by molar-refractivity contribution is 0.0652. The summed E-state index contributed by atoms with van der Waals surface area (Å²) in [5.74, 6) is -1.76. The van der Waals surface area contributed by atoms with Gasteiger partial charge in [-0.15, -0.1) is 0 Å². The van der Waals surface area contributed by atoms with E-state index in [9.17, 15) is 9.18 Å². The van der Waals surface area contributed by atoms with Crippen molar-refractivity contribution >= 4 is 21.9 Å². The lowest BCUT2D eigenvalue weighted by Crippen LogP contribution is -1.95. The Hall–Kier alpha value is -1.69. The summed E-state index contributed by atoms with van der Waals surface area (Å²) in [6.45, 7) is 3.75. The summed E-state index contributed by atoms with van der Waals surface area (Å²) in [5, 5.41) is 12.5. The van der Waals surface area contributed by atoms with Crippen molar-refractivity contribution in [3.63, 3.8) is 0 Å². The largest absolute Gasteiger partial charge is 0.475 e. The Kier molecular flexibility index (Phi) is 3.71. The Morgan fingerprint density at radius 3 is 2.63 bits per heavy atom. The summed E-state index contributed by atoms with van der Waals surface area (Å²) in [4.78, 5) is 10.7. The molecule has 0 fully saturated rings. The molecular formula is C13H11BrFNO3. The SMILES string of the molecule is CC(C)c1cc(-c2cc(C(=O)O)on2)cc(Br)c1F. The molecular weight excluding hydrogens is 317 g/mol. The van der Waals surface area contributed by atoms with E-state index in [-0.39, 0.29) is 17.5 Å². The van der Waals surface area contributed by atoms with Gasteiger partial charge in [0.25, 0.3) is 0 Å². The van der Waals surface area contributed by atoms with Crippen LogP contribution in [0.2, 0.25) is 0 Å². The van der Waals surface area contributed by atoms with E-state index in [1.54, 1.807) is 12.1 Å². The van der Waals surface area contributed by atoms with E-state index < -0.39 is 5.97 Å². The van der Waals surface area contributed by atoms with Crippen molar-refractivity contribution in [2.45, 2.75) is 19.8 Å². The molecule has 0 unspecified atom stereocenters. The van der Waals surface area contributed by atoms with Crippen molar-refractivity contribution in [3.8, 4) is 11.3 Å². The van der Waals surface area contributed by atoms with Crippen LogP contribution in [0.1, 0.15) is 35.9 Å². The van der Waals surface area contributed by atoms with Crippen LogP contribution >= 0.6 is 15.9 Å². The van der Waals surface area contributed by atoms with Gasteiger partial charge in [0.15, 0.2) is 0 Å². The van der Waals surface area contributed by atoms with Gasteiger partial charge in [-0.1, -0.05) is 19.0 Å². The third kappa shape index (κ3) is 2.68. The van der Waals surface area contributed by atoms with Gasteiger partial charge >= 0.3 is 5.97 Å². The molecule has 0 aliphatic rings. The van der Waals surface area contributed by atoms with E-state index in [1.165, 1.54) is 6.07 Å². The molecule has 1 aromatic heterocycles. The maximum atomic E-state index is 13.9. The van der Waals surface area contributed by atoms with Crippen LogP contribution in [-0.2, 0) is 0 Å². The number of hydrogen-bond acceptors (Lipinski definition) is 3. The van der Waals surface area contributed by atoms with E-state index in [0.717, 1.165) is 0 Å². The van der Waals surface area contributed by atoms with Crippen LogP contribution in [0.25, 0.3) is 11.3 Å². The van der Waals surface area contributed by atoms with Gasteiger partial charge in [0, 0.05) is 11.6 Å². The second kappa shape index (κ2) is 5.13. The standard InChI is InChI=1S/C13H11BrFNO3/c1-6(2)8-3-7(4-9(14)12(8)15)10-5-11(13(17)18)19-16-10/h3-6H,1-2H3,(H,17,18). The van der Waals surface area contributed by atoms with Gasteiger partial charge in [-0.05, 0) is 39.5 Å². The Morgan fingerprint density at radius 2 is 2.11 bits per heavy atom. The first kappa shape index (κ1) is 13.7. The number of nitrogens with zero attached hydrogens (tertiary/aromatic N) is 1. The highest BCUT2D eigenvalue weighted by Gasteiger charge is 2.17. The number of rotatable bonds is 3. The molecule has 6 heteroatoms. The average molecular weight is 328 g/mol. The molecule has 0 amide bonds. The molecule has 0 atom stereocenters. The third-order valence-electron chi connectivity index (χ3n) is 2.70. The second-order valence-corrected chi connectivity index (χ2v) is 5.25. The molecule has 0 aliphatic carbocycles. The fraction of sp³-hybridized carbons (Fsp3) is 0.231. The molecule has 2 rings (SSSR count). The molecule has 0 saturated carbocycles. The second-order valence-electron chi connectivity index (χ2n) is 4.40. The fourth-order valence-corrected chi connectivity index (χ4v) is 2.17. The van der Waals surface area contributed by atoms with Crippen LogP contribution in [0.15, 0.2) is 27.2 Å². The van der Waals surface area contributed by atoms with Crippen molar-refractivity contribution in [2.24, 2.45) is 0 Å². The maximum absolute atomic E-state index is 13.9. The minimum atomic E-state index is -1.19. The molecule has 1 aromatic carbocycles. The molecule has 0 radical (unpaired) electrons. The van der Waals surface area contributed by atoms with Crippen LogP contribution in [0.3, 0.4) is 0 Å². The van der Waals surface area contributed by atoms with Gasteiger partial charge in [0.1, 0.15) is 11.5 Å². The Morgan fingerprint density at radius 1 is 1.42 bits per heavy atom. The highest BCUT2D eigenvalue weighted by Crippen LogP contribution is 2.31. The molecule has 19 heavy (non-hydrogen) atoms. The van der Waals surface area contributed by atoms with Crippen molar-refractivity contribution in [2.75, 3.05) is 0 Å². The number of aromatic nitrogens is 1. The van der Waals surface area contributed by atoms with Crippen LogP contribution in [0, 0.1) is 5.82 Å². The maximum Gasteiger partial charge on any atom is 0.374 e. The van der Waals surface area contributed by atoms with E-state index in [4.69, 9.17) is 9.63 Å². The zero-order valence-electron chi connectivity index (χ0n) is 10.3. The number of halogens is 2. The predicted octanol–water partition coefficient (Wildman–Crippen LogP) is 4.06. The lowest BCUT2D eigenvalue weighted by atomic mass is 9.99. The summed E-state index contributed by atoms with van der Waals surface area (Å²) < 4.78 is 18.9. The minimum absolute atomic E-state index is 0.00194. The van der Waals surface area contributed by atoms with E-state index in [0.29, 0.717) is 21.3 Å². The molecule has 1 heterocycles. The first-order valence-electron chi connectivity index (χ1n) is 5.59. The Bertz CT molecular complexity index is 637. The van der Waals surface area contributed by atoms with E-state index in [2.05, 4.69) is 21.1 Å². The number of carboxylic acid groups (broad SMARTS) is 1. The number of benzene rings is 1. The summed E-state index contributed by atoms with van der Waals surface area (Å²) in [5.41, 5.74) is 1.50. The first-order valence-corrected chi connectivity index (χ1v) is 6.38. The number of aromatic carboxylic acids is 1. The highest BCUT2D eigenvalue weighted by molar-refractivity contribution is 9.10. The van der Waals surface area contributed by atoms with Gasteiger partial charge in [0.2, 0.25) is 5.76 Å². The Labute approximate surface area is 117 Å². The minimum Gasteiger partial charge on any atom is -0.475 e. The van der Waals surface area contributed by atoms with Crippen molar-refractivity contribution in [1.82, 2.24) is 5.16 Å². The summed E-state index contributed by atoms with van der Waals surface area (Å²) in [6.07, 6.45) is 0. The molecule has 2 aromatic rings. The zero-order valence-corrected chi connectivity index (χ0v) is 11.9. The lowest BCUT2D eigenvalue weighted by Gasteiger charge is -2.10. The highest BCUT2D eigenvalue weighted by atomic mass is 79.9. The van der Waals surface area contributed by atoms with Crippen molar-refractivity contribution < 1.29 is 18.8 Å². The summed E-state index contributed by atoms with van der Waals surface area (Å²) >= 11 is 3.15. The predicted molar refractivity (Wildman–Crippen MR) is 70.6 cm³/mol. The molecule has 0 spiro atoms. The van der Waals surface area contributed by atoms with Crippen LogP contribution in [0.4, 0.5) is 4.39 Å². The van der Waals surface area contributed by atoms with Crippen molar-refractivity contribution in [1.29, 1.82) is 0 Å². The molecule has 0 aliphatic heterocycles. The quantitative estimate of drug-likeness (QED) is 0.923. The van der Waals surface area contributed by atoms with Gasteiger partial charge in [-0.3, -0.25) is 0 Å². The normalized spacial score (nSPS) is 11.0. The molecule has 1 N–H and O–H groups in total. The molecule has 100 valence electrons. The Balaban J connectivity index is 2.53. The fourth-order valence-electron chi connectivity index (χ4n) is 1.69. The van der Waals surface area contributed by atoms with Gasteiger partial charge in [-0.25, -0.2) is 9.18 Å². The third-order valence-corrected chi connectivity index (χ3v) is 3.27. The van der Waals surface area contributed by atoms with Gasteiger partial charge in [0.05, 0.1) is 4.47 Å². The molecule has 4 nitrogen and oxygen atoms in total. The number of carbonyl (C=O) groups is 1. The first-order chi connectivity index (χ1) is 8.90. The number of hydrogen-bond donors (Lipinski definition) is 1. The van der Waals surface area contributed by atoms with Crippen LogP contribution < -0.4 is 0 Å². The smallest absolute Gasteiger partial charge is 0.374 e. The van der Waals surface area contributed by atoms with Gasteiger partial charge < -0.3 is 9.63 Å². The van der Waals surface area contributed by atoms with E-state index in [1.807, 2.05) is 13.8 Å². The molecule has 0 saturated heterocycles.